The maximum Gasteiger partial charge on any atom is 0.0518 e. The summed E-state index contributed by atoms with van der Waals surface area (Å²) in [6.07, 6.45) is 19.9. The normalized spacial score (nSPS) is 12.2. The van der Waals surface area contributed by atoms with Crippen LogP contribution in [0.3, 0.4) is 0 Å². The topological polar surface area (TPSA) is 18.5 Å². The summed E-state index contributed by atoms with van der Waals surface area (Å²) in [4.78, 5) is 0. The molecule has 0 atom stereocenters. The van der Waals surface area contributed by atoms with Crippen LogP contribution in [0.5, 0.6) is 0 Å². The van der Waals surface area contributed by atoms with Gasteiger partial charge in [-0.15, -0.1) is 0 Å². The van der Waals surface area contributed by atoms with Gasteiger partial charge >= 0.3 is 0 Å². The highest BCUT2D eigenvalue weighted by Gasteiger charge is 2.11. The summed E-state index contributed by atoms with van der Waals surface area (Å²) in [5.41, 5.74) is 0. The van der Waals surface area contributed by atoms with Crippen LogP contribution in [0.1, 0.15) is 104 Å². The smallest absolute Gasteiger partial charge is 0.0518 e. The molecule has 0 aliphatic rings. The van der Waals surface area contributed by atoms with Crippen molar-refractivity contribution in [2.75, 3.05) is 19.8 Å². The summed E-state index contributed by atoms with van der Waals surface area (Å²) in [7, 11) is -0.785. The summed E-state index contributed by atoms with van der Waals surface area (Å²) >= 11 is 0. The fourth-order valence-electron chi connectivity index (χ4n) is 3.39. The zero-order chi connectivity index (χ0) is 20.2. The van der Waals surface area contributed by atoms with Crippen molar-refractivity contribution in [3.8, 4) is 0 Å². The second-order valence-corrected chi connectivity index (χ2v) is 15.4. The zero-order valence-electron chi connectivity index (χ0n) is 19.6. The van der Waals surface area contributed by atoms with Gasteiger partial charge in [0.1, 0.15) is 0 Å². The summed E-state index contributed by atoms with van der Waals surface area (Å²) < 4.78 is 11.2. The minimum atomic E-state index is -0.785. The van der Waals surface area contributed by atoms with E-state index in [9.17, 15) is 0 Å². The molecule has 0 saturated carbocycles. The Balaban J connectivity index is 3.03. The molecule has 3 heteroatoms. The lowest BCUT2D eigenvalue weighted by Gasteiger charge is -2.14. The molecule has 0 aromatic heterocycles. The molecule has 164 valence electrons. The highest BCUT2D eigenvalue weighted by atomic mass is 28.3. The number of unbranched alkanes of at least 4 members (excludes halogenated alkanes) is 12. The molecule has 0 fully saturated rings. The first-order chi connectivity index (χ1) is 12.9. The Hall–Kier alpha value is 0.137. The molecule has 0 amide bonds. The van der Waals surface area contributed by atoms with E-state index in [1.165, 1.54) is 89.5 Å². The van der Waals surface area contributed by atoms with Crippen LogP contribution in [0.25, 0.3) is 0 Å². The minimum absolute atomic E-state index is 0.342. The van der Waals surface area contributed by atoms with Gasteiger partial charge in [-0.2, -0.15) is 0 Å². The van der Waals surface area contributed by atoms with Gasteiger partial charge in [0, 0.05) is 27.9 Å². The summed E-state index contributed by atoms with van der Waals surface area (Å²) in [6, 6.07) is 1.52. The van der Waals surface area contributed by atoms with Crippen molar-refractivity contribution in [2.45, 2.75) is 136 Å². The van der Waals surface area contributed by atoms with Gasteiger partial charge in [0.15, 0.2) is 0 Å². The van der Waals surface area contributed by atoms with Crippen molar-refractivity contribution in [1.82, 2.24) is 0 Å². The molecule has 0 radical (unpaired) electrons. The van der Waals surface area contributed by atoms with Crippen molar-refractivity contribution in [3.05, 3.63) is 0 Å². The van der Waals surface area contributed by atoms with E-state index in [4.69, 9.17) is 9.47 Å². The molecule has 2 nitrogen and oxygen atoms in total. The Morgan fingerprint density at radius 3 is 1.37 bits per heavy atom. The van der Waals surface area contributed by atoms with E-state index in [-0.39, 0.29) is 0 Å². The monoisotopic (exact) mass is 400 g/mol. The third-order valence-electron chi connectivity index (χ3n) is 5.10. The van der Waals surface area contributed by atoms with Crippen LogP contribution in [0, 0.1) is 0 Å². The van der Waals surface area contributed by atoms with E-state index in [0.717, 1.165) is 26.2 Å². The second-order valence-electron chi connectivity index (χ2n) is 9.79. The summed E-state index contributed by atoms with van der Waals surface area (Å²) in [5, 5.41) is 0. The highest BCUT2D eigenvalue weighted by Crippen LogP contribution is 2.16. The molecule has 0 N–H and O–H groups in total. The molecule has 0 bridgehead atoms. The van der Waals surface area contributed by atoms with Crippen molar-refractivity contribution in [1.29, 1.82) is 0 Å². The molecule has 0 spiro atoms. The van der Waals surface area contributed by atoms with Gasteiger partial charge in [0.25, 0.3) is 0 Å². The largest absolute Gasteiger partial charge is 0.381 e. The van der Waals surface area contributed by atoms with Gasteiger partial charge in [-0.1, -0.05) is 103 Å². The molecule has 27 heavy (non-hydrogen) atoms. The average molecular weight is 401 g/mol. The number of hydrogen-bond acceptors (Lipinski definition) is 2. The van der Waals surface area contributed by atoms with E-state index in [2.05, 4.69) is 33.5 Å². The first-order valence-electron chi connectivity index (χ1n) is 12.1. The van der Waals surface area contributed by atoms with Crippen LogP contribution in [0.15, 0.2) is 0 Å². The van der Waals surface area contributed by atoms with Crippen LogP contribution < -0.4 is 0 Å². The van der Waals surface area contributed by atoms with Crippen LogP contribution in [0.4, 0.5) is 0 Å². The Bertz CT molecular complexity index is 287. The third-order valence-corrected chi connectivity index (χ3v) is 6.95. The Labute approximate surface area is 173 Å². The van der Waals surface area contributed by atoms with Crippen molar-refractivity contribution in [3.63, 3.8) is 0 Å². The first-order valence-corrected chi connectivity index (χ1v) is 15.8. The average Bonchev–Trinajstić information content (AvgIpc) is 2.58. The predicted octanol–water partition coefficient (Wildman–Crippen LogP) is 8.23. The van der Waals surface area contributed by atoms with E-state index >= 15 is 0 Å². The van der Waals surface area contributed by atoms with Gasteiger partial charge in [-0.25, -0.2) is 0 Å². The Kier molecular flexibility index (Phi) is 19.6. The lowest BCUT2D eigenvalue weighted by atomic mass is 10.0. The van der Waals surface area contributed by atoms with E-state index < -0.39 is 8.07 Å². The second kappa shape index (κ2) is 19.5. The van der Waals surface area contributed by atoms with Crippen LogP contribution in [-0.2, 0) is 9.47 Å². The molecule has 0 heterocycles. The summed E-state index contributed by atoms with van der Waals surface area (Å²) in [5.74, 6) is 0. The summed E-state index contributed by atoms with van der Waals surface area (Å²) in [6.45, 7) is 14.3. The number of ether oxygens (including phenoxy) is 2. The van der Waals surface area contributed by atoms with E-state index in [0.29, 0.717) is 6.10 Å². The lowest BCUT2D eigenvalue weighted by Crippen LogP contribution is -2.18. The molecule has 0 rings (SSSR count). The van der Waals surface area contributed by atoms with Crippen molar-refractivity contribution < 1.29 is 9.47 Å². The quantitative estimate of drug-likeness (QED) is 0.143. The molecule has 0 aliphatic heterocycles. The third kappa shape index (κ3) is 26.1. The first kappa shape index (κ1) is 27.1. The van der Waals surface area contributed by atoms with E-state index in [1.54, 1.807) is 0 Å². The molecule has 0 aromatic carbocycles. The maximum atomic E-state index is 5.66. The molecule has 0 unspecified atom stereocenters. The minimum Gasteiger partial charge on any atom is -0.381 e. The van der Waals surface area contributed by atoms with Gasteiger partial charge < -0.3 is 9.47 Å². The fourth-order valence-corrected chi connectivity index (χ4v) is 4.70. The van der Waals surface area contributed by atoms with Crippen molar-refractivity contribution in [2.24, 2.45) is 0 Å². The van der Waals surface area contributed by atoms with Crippen LogP contribution in [0.2, 0.25) is 25.7 Å². The standard InChI is InChI=1S/C24H52O2Si/c1-24(2)26-22-19-21-25-20-17-15-13-11-9-7-6-8-10-12-14-16-18-23-27(3,4)5/h24H,6-23H2,1-5H3. The molecular formula is C24H52O2Si. The van der Waals surface area contributed by atoms with Gasteiger partial charge in [0.05, 0.1) is 6.10 Å². The lowest BCUT2D eigenvalue weighted by molar-refractivity contribution is 0.0507. The SMILES string of the molecule is CC(C)OCCCOCCCCCCCCCCCCCCC[Si](C)(C)C. The van der Waals surface area contributed by atoms with Crippen LogP contribution in [-0.4, -0.2) is 34.0 Å². The Morgan fingerprint density at radius 2 is 0.926 bits per heavy atom. The van der Waals surface area contributed by atoms with Crippen LogP contribution >= 0.6 is 0 Å². The Morgan fingerprint density at radius 1 is 0.519 bits per heavy atom. The molecular weight excluding hydrogens is 348 g/mol. The predicted molar refractivity (Wildman–Crippen MR) is 125 cm³/mol. The maximum absolute atomic E-state index is 5.66. The molecule has 0 aliphatic carbocycles. The molecule has 0 saturated heterocycles. The zero-order valence-corrected chi connectivity index (χ0v) is 20.6. The van der Waals surface area contributed by atoms with E-state index in [1.807, 2.05) is 0 Å². The highest BCUT2D eigenvalue weighted by molar-refractivity contribution is 6.76. The number of rotatable bonds is 21. The molecule has 0 aromatic rings. The fraction of sp³-hybridized carbons (Fsp3) is 1.00. The number of hydrogen-bond donors (Lipinski definition) is 0. The van der Waals surface area contributed by atoms with Gasteiger partial charge in [-0.05, 0) is 26.7 Å². The van der Waals surface area contributed by atoms with Gasteiger partial charge in [0.2, 0.25) is 0 Å². The van der Waals surface area contributed by atoms with Crippen molar-refractivity contribution >= 4 is 8.07 Å². The van der Waals surface area contributed by atoms with Gasteiger partial charge in [-0.3, -0.25) is 0 Å².